The quantitative estimate of drug-likeness (QED) is 0.612. The second-order valence-corrected chi connectivity index (χ2v) is 9.10. The number of fused-ring (bicyclic) bond motifs is 1. The van der Waals surface area contributed by atoms with Gasteiger partial charge in [-0.1, -0.05) is 26.8 Å². The number of benzene rings is 1. The van der Waals surface area contributed by atoms with E-state index in [0.717, 1.165) is 33.8 Å². The van der Waals surface area contributed by atoms with Crippen LogP contribution in [-0.4, -0.2) is 35.9 Å². The van der Waals surface area contributed by atoms with Crippen molar-refractivity contribution in [2.45, 2.75) is 41.0 Å². The van der Waals surface area contributed by atoms with Gasteiger partial charge in [0.1, 0.15) is 0 Å². The van der Waals surface area contributed by atoms with Gasteiger partial charge in [-0.25, -0.2) is 9.78 Å². The van der Waals surface area contributed by atoms with Crippen molar-refractivity contribution in [3.63, 3.8) is 0 Å². The molecule has 0 aliphatic carbocycles. The molecule has 1 aliphatic rings. The third kappa shape index (κ3) is 4.32. The van der Waals surface area contributed by atoms with Gasteiger partial charge in [0.15, 0.2) is 5.13 Å². The van der Waals surface area contributed by atoms with Crippen molar-refractivity contribution < 1.29 is 19.1 Å². The second kappa shape index (κ2) is 7.94. The number of rotatable bonds is 3. The summed E-state index contributed by atoms with van der Waals surface area (Å²) in [6.45, 7) is 10.1. The molecule has 2 amide bonds. The fourth-order valence-electron chi connectivity index (χ4n) is 3.23. The molecule has 154 valence electrons. The predicted molar refractivity (Wildman–Crippen MR) is 113 cm³/mol. The molecule has 8 heteroatoms. The first-order valence-corrected chi connectivity index (χ1v) is 10.3. The van der Waals surface area contributed by atoms with Gasteiger partial charge in [0, 0.05) is 28.1 Å². The lowest BCUT2D eigenvalue weighted by molar-refractivity contribution is -0.152. The van der Waals surface area contributed by atoms with Gasteiger partial charge in [-0.05, 0) is 38.0 Å². The number of aryl methyl sites for hydroxylation is 1. The van der Waals surface area contributed by atoms with Crippen molar-refractivity contribution in [3.05, 3.63) is 28.6 Å². The van der Waals surface area contributed by atoms with Gasteiger partial charge in [0.25, 0.3) is 0 Å². The maximum absolute atomic E-state index is 12.7. The Bertz CT molecular complexity index is 975. The first kappa shape index (κ1) is 21.0. The molecule has 1 aliphatic heterocycles. The molecule has 0 saturated carbocycles. The van der Waals surface area contributed by atoms with Gasteiger partial charge in [-0.2, -0.15) is 0 Å². The van der Waals surface area contributed by atoms with Gasteiger partial charge in [0.2, 0.25) is 5.91 Å². The number of amides is 2. The molecular weight excluding hydrogens is 390 g/mol. The molecule has 0 radical (unpaired) electrons. The third-order valence-corrected chi connectivity index (χ3v) is 5.50. The van der Waals surface area contributed by atoms with Crippen LogP contribution in [0.15, 0.2) is 18.2 Å². The van der Waals surface area contributed by atoms with E-state index in [0.29, 0.717) is 11.7 Å². The molecule has 0 unspecified atom stereocenters. The third-order valence-electron chi connectivity index (χ3n) is 4.61. The number of anilines is 2. The Hall–Kier alpha value is -2.74. The Morgan fingerprint density at radius 2 is 2.00 bits per heavy atom. The summed E-state index contributed by atoms with van der Waals surface area (Å²) in [6.07, 6.45) is 0.792. The molecule has 2 aromatic rings. The fourth-order valence-corrected chi connectivity index (χ4v) is 4.06. The summed E-state index contributed by atoms with van der Waals surface area (Å²) in [4.78, 5) is 43.3. The number of carbonyl (C=O) groups excluding carboxylic acids is 3. The minimum absolute atomic E-state index is 0.109. The highest BCUT2D eigenvalue weighted by Crippen LogP contribution is 2.37. The lowest BCUT2D eigenvalue weighted by atomic mass is 9.94. The number of thiazole rings is 1. The summed E-state index contributed by atoms with van der Waals surface area (Å²) in [5.74, 6) is -1.65. The molecular formula is C21H25N3O4S. The van der Waals surface area contributed by atoms with Crippen LogP contribution in [0.3, 0.4) is 0 Å². The lowest BCUT2D eigenvalue weighted by Crippen LogP contribution is -2.38. The molecule has 29 heavy (non-hydrogen) atoms. The van der Waals surface area contributed by atoms with Crippen LogP contribution >= 0.6 is 11.3 Å². The SMILES string of the molecule is CCOC(=O)C(=O)Nc1nc(-c2ccc3c(c2)CCN3C(=O)C(C)(C)C)c(C)s1. The van der Waals surface area contributed by atoms with Crippen LogP contribution in [0.2, 0.25) is 0 Å². The molecule has 3 rings (SSSR count). The number of nitrogens with zero attached hydrogens (tertiary/aromatic N) is 2. The summed E-state index contributed by atoms with van der Waals surface area (Å²) in [5.41, 5.74) is 3.27. The summed E-state index contributed by atoms with van der Waals surface area (Å²) in [7, 11) is 0. The van der Waals surface area contributed by atoms with E-state index in [-0.39, 0.29) is 12.5 Å². The molecule has 0 spiro atoms. The zero-order valence-electron chi connectivity index (χ0n) is 17.3. The van der Waals surface area contributed by atoms with Gasteiger partial charge in [-0.3, -0.25) is 14.9 Å². The minimum atomic E-state index is -0.928. The Kier molecular flexibility index (Phi) is 5.75. The number of hydrogen-bond acceptors (Lipinski definition) is 6. The van der Waals surface area contributed by atoms with Gasteiger partial charge >= 0.3 is 11.9 Å². The minimum Gasteiger partial charge on any atom is -0.459 e. The number of aromatic nitrogens is 1. The lowest BCUT2D eigenvalue weighted by Gasteiger charge is -2.26. The summed E-state index contributed by atoms with van der Waals surface area (Å²) in [6, 6.07) is 5.94. The summed E-state index contributed by atoms with van der Waals surface area (Å²) < 4.78 is 4.69. The van der Waals surface area contributed by atoms with Crippen LogP contribution in [0.1, 0.15) is 38.1 Å². The molecule has 0 saturated heterocycles. The molecule has 0 fully saturated rings. The van der Waals surface area contributed by atoms with Crippen molar-refractivity contribution in [2.75, 3.05) is 23.4 Å². The van der Waals surface area contributed by atoms with Gasteiger partial charge in [-0.15, -0.1) is 11.3 Å². The topological polar surface area (TPSA) is 88.6 Å². The second-order valence-electron chi connectivity index (χ2n) is 7.90. The Morgan fingerprint density at radius 1 is 1.28 bits per heavy atom. The highest BCUT2D eigenvalue weighted by Gasteiger charge is 2.32. The maximum Gasteiger partial charge on any atom is 0.397 e. The summed E-state index contributed by atoms with van der Waals surface area (Å²) in [5, 5.41) is 2.84. The molecule has 1 N–H and O–H groups in total. The van der Waals surface area contributed by atoms with Crippen LogP contribution in [0, 0.1) is 12.3 Å². The molecule has 2 heterocycles. The Morgan fingerprint density at radius 3 is 2.66 bits per heavy atom. The normalized spacial score (nSPS) is 13.2. The highest BCUT2D eigenvalue weighted by atomic mass is 32.1. The van der Waals surface area contributed by atoms with E-state index in [1.54, 1.807) is 6.92 Å². The summed E-state index contributed by atoms with van der Waals surface area (Å²) >= 11 is 1.30. The average Bonchev–Trinajstić information content (AvgIpc) is 3.23. The fraction of sp³-hybridized carbons (Fsp3) is 0.429. The van der Waals surface area contributed by atoms with Crippen molar-refractivity contribution in [3.8, 4) is 11.3 Å². The van der Waals surface area contributed by atoms with Crippen LogP contribution < -0.4 is 10.2 Å². The van der Waals surface area contributed by atoms with E-state index in [4.69, 9.17) is 4.74 Å². The van der Waals surface area contributed by atoms with E-state index in [1.165, 1.54) is 11.3 Å². The van der Waals surface area contributed by atoms with E-state index < -0.39 is 17.3 Å². The first-order valence-electron chi connectivity index (χ1n) is 9.52. The zero-order chi connectivity index (χ0) is 21.3. The monoisotopic (exact) mass is 415 g/mol. The van der Waals surface area contributed by atoms with Crippen molar-refractivity contribution in [2.24, 2.45) is 5.41 Å². The zero-order valence-corrected chi connectivity index (χ0v) is 18.1. The standard InChI is InChI=1S/C21H25N3O4S/c1-6-28-18(26)17(25)23-20-22-16(12(2)29-20)14-7-8-15-13(11-14)9-10-24(15)19(27)21(3,4)5/h7-8,11H,6,9-10H2,1-5H3,(H,22,23,25). The van der Waals surface area contributed by atoms with Crippen LogP contribution in [0.5, 0.6) is 0 Å². The maximum atomic E-state index is 12.7. The Labute approximate surface area is 174 Å². The number of nitrogens with one attached hydrogen (secondary N) is 1. The average molecular weight is 416 g/mol. The first-order chi connectivity index (χ1) is 13.6. The largest absolute Gasteiger partial charge is 0.459 e. The van der Waals surface area contributed by atoms with Crippen LogP contribution in [0.4, 0.5) is 10.8 Å². The number of carbonyl (C=O) groups is 3. The molecule has 0 bridgehead atoms. The van der Waals surface area contributed by atoms with Crippen molar-refractivity contribution in [1.29, 1.82) is 0 Å². The number of hydrogen-bond donors (Lipinski definition) is 1. The molecule has 1 aromatic carbocycles. The molecule has 1 aromatic heterocycles. The van der Waals surface area contributed by atoms with Crippen molar-refractivity contribution in [1.82, 2.24) is 4.98 Å². The number of esters is 1. The van der Waals surface area contributed by atoms with Crippen LogP contribution in [0.25, 0.3) is 11.3 Å². The molecule has 7 nitrogen and oxygen atoms in total. The van der Waals surface area contributed by atoms with Gasteiger partial charge in [0.05, 0.1) is 12.3 Å². The number of ether oxygens (including phenoxy) is 1. The predicted octanol–water partition coefficient (Wildman–Crippen LogP) is 3.56. The smallest absolute Gasteiger partial charge is 0.397 e. The molecule has 0 atom stereocenters. The van der Waals surface area contributed by atoms with E-state index in [9.17, 15) is 14.4 Å². The van der Waals surface area contributed by atoms with Crippen molar-refractivity contribution >= 4 is 39.9 Å². The van der Waals surface area contributed by atoms with E-state index in [2.05, 4.69) is 10.3 Å². The van der Waals surface area contributed by atoms with E-state index >= 15 is 0 Å². The van der Waals surface area contributed by atoms with Gasteiger partial charge < -0.3 is 9.64 Å². The Balaban J connectivity index is 1.83. The highest BCUT2D eigenvalue weighted by molar-refractivity contribution is 7.16. The van der Waals surface area contributed by atoms with E-state index in [1.807, 2.05) is 50.8 Å². The van der Waals surface area contributed by atoms with Crippen LogP contribution in [-0.2, 0) is 25.5 Å².